The average Bonchev–Trinajstić information content (AvgIpc) is 1.99. The van der Waals surface area contributed by atoms with Gasteiger partial charge in [0.05, 0.1) is 0 Å². The highest BCUT2D eigenvalue weighted by molar-refractivity contribution is 5.29. The number of aromatic nitrogens is 2. The summed E-state index contributed by atoms with van der Waals surface area (Å²) in [7, 11) is 0. The van der Waals surface area contributed by atoms with Crippen LogP contribution >= 0.6 is 0 Å². The minimum atomic E-state index is 0.577. The molecular weight excluding hydrogens is 150 g/mol. The van der Waals surface area contributed by atoms with Crippen LogP contribution in [0.25, 0.3) is 0 Å². The highest BCUT2D eigenvalue weighted by atomic mass is 14.9. The molecule has 0 saturated heterocycles. The van der Waals surface area contributed by atoms with Crippen molar-refractivity contribution in [1.82, 2.24) is 9.97 Å². The lowest BCUT2D eigenvalue weighted by molar-refractivity contribution is 0.749. The van der Waals surface area contributed by atoms with Crippen molar-refractivity contribution in [3.63, 3.8) is 0 Å². The van der Waals surface area contributed by atoms with E-state index >= 15 is 0 Å². The lowest BCUT2D eigenvalue weighted by Crippen LogP contribution is -2.01. The Hall–Kier alpha value is -1.12. The van der Waals surface area contributed by atoms with Crippen molar-refractivity contribution in [2.24, 2.45) is 0 Å². The molecule has 0 aliphatic heterocycles. The first-order valence-corrected chi connectivity index (χ1v) is 4.32. The maximum atomic E-state index is 5.58. The van der Waals surface area contributed by atoms with E-state index in [-0.39, 0.29) is 0 Å². The molecule has 3 nitrogen and oxygen atoms in total. The van der Waals surface area contributed by atoms with E-state index in [1.807, 2.05) is 6.92 Å². The third-order valence-electron chi connectivity index (χ3n) is 1.67. The molecule has 12 heavy (non-hydrogen) atoms. The monoisotopic (exact) mass is 165 g/mol. The van der Waals surface area contributed by atoms with Gasteiger partial charge in [0.2, 0.25) is 0 Å². The minimum Gasteiger partial charge on any atom is -0.384 e. The normalized spacial score (nSPS) is 10.2. The van der Waals surface area contributed by atoms with Crippen LogP contribution in [0.3, 0.4) is 0 Å². The van der Waals surface area contributed by atoms with Gasteiger partial charge < -0.3 is 5.73 Å². The maximum Gasteiger partial charge on any atom is 0.130 e. The molecule has 0 radical (unpaired) electrons. The molecule has 0 amide bonds. The van der Waals surface area contributed by atoms with Gasteiger partial charge in [-0.25, -0.2) is 9.97 Å². The Morgan fingerprint density at radius 2 is 2.17 bits per heavy atom. The van der Waals surface area contributed by atoms with E-state index in [9.17, 15) is 0 Å². The van der Waals surface area contributed by atoms with Gasteiger partial charge in [0, 0.05) is 18.2 Å². The molecule has 66 valence electrons. The third-order valence-corrected chi connectivity index (χ3v) is 1.67. The summed E-state index contributed by atoms with van der Waals surface area (Å²) in [5, 5.41) is 0. The van der Waals surface area contributed by atoms with E-state index in [0.29, 0.717) is 5.82 Å². The number of unbranched alkanes of at least 4 members (excludes halogenated alkanes) is 1. The van der Waals surface area contributed by atoms with Crippen molar-refractivity contribution in [3.8, 4) is 0 Å². The summed E-state index contributed by atoms with van der Waals surface area (Å²) in [6.07, 6.45) is 3.22. The van der Waals surface area contributed by atoms with Crippen LogP contribution in [-0.4, -0.2) is 9.97 Å². The van der Waals surface area contributed by atoms with E-state index in [1.165, 1.54) is 0 Å². The number of anilines is 1. The van der Waals surface area contributed by atoms with E-state index in [0.717, 1.165) is 30.8 Å². The second-order valence-corrected chi connectivity index (χ2v) is 2.95. The molecule has 0 aliphatic carbocycles. The Balaban J connectivity index is 2.72. The summed E-state index contributed by atoms with van der Waals surface area (Å²) in [5.41, 5.74) is 6.53. The number of nitrogen functional groups attached to an aromatic ring is 1. The van der Waals surface area contributed by atoms with Crippen LogP contribution in [0.4, 0.5) is 5.82 Å². The van der Waals surface area contributed by atoms with Gasteiger partial charge in [-0.05, 0) is 13.3 Å². The molecule has 0 atom stereocenters. The van der Waals surface area contributed by atoms with Gasteiger partial charge in [-0.3, -0.25) is 0 Å². The minimum absolute atomic E-state index is 0.577. The SMILES string of the molecule is CCCCc1nc(C)cc(N)n1. The zero-order chi connectivity index (χ0) is 8.97. The zero-order valence-electron chi connectivity index (χ0n) is 7.67. The molecule has 0 spiro atoms. The van der Waals surface area contributed by atoms with Gasteiger partial charge >= 0.3 is 0 Å². The predicted molar refractivity (Wildman–Crippen MR) is 49.8 cm³/mol. The number of rotatable bonds is 3. The molecule has 1 heterocycles. The van der Waals surface area contributed by atoms with E-state index < -0.39 is 0 Å². The molecule has 3 heteroatoms. The van der Waals surface area contributed by atoms with Gasteiger partial charge in [-0.15, -0.1) is 0 Å². The summed E-state index contributed by atoms with van der Waals surface area (Å²) >= 11 is 0. The van der Waals surface area contributed by atoms with Crippen molar-refractivity contribution in [1.29, 1.82) is 0 Å². The molecule has 1 rings (SSSR count). The highest BCUT2D eigenvalue weighted by Gasteiger charge is 1.98. The molecule has 1 aromatic rings. The smallest absolute Gasteiger partial charge is 0.130 e. The zero-order valence-corrected chi connectivity index (χ0v) is 7.67. The number of nitrogens with zero attached hydrogens (tertiary/aromatic N) is 2. The van der Waals surface area contributed by atoms with Gasteiger partial charge in [0.15, 0.2) is 0 Å². The summed E-state index contributed by atoms with van der Waals surface area (Å²) in [4.78, 5) is 8.42. The predicted octanol–water partition coefficient (Wildman–Crippen LogP) is 1.71. The fourth-order valence-corrected chi connectivity index (χ4v) is 1.10. The lowest BCUT2D eigenvalue weighted by Gasteiger charge is -2.01. The molecular formula is C9H15N3. The van der Waals surface area contributed by atoms with Crippen molar-refractivity contribution in [3.05, 3.63) is 17.6 Å². The fourth-order valence-electron chi connectivity index (χ4n) is 1.10. The second-order valence-electron chi connectivity index (χ2n) is 2.95. The van der Waals surface area contributed by atoms with Crippen molar-refractivity contribution >= 4 is 5.82 Å². The molecule has 0 aromatic carbocycles. The summed E-state index contributed by atoms with van der Waals surface area (Å²) in [6.45, 7) is 4.09. The first-order valence-electron chi connectivity index (χ1n) is 4.32. The fraction of sp³-hybridized carbons (Fsp3) is 0.556. The van der Waals surface area contributed by atoms with Crippen LogP contribution in [-0.2, 0) is 6.42 Å². The molecule has 2 N–H and O–H groups in total. The summed E-state index contributed by atoms with van der Waals surface area (Å²) < 4.78 is 0. The number of nitrogens with two attached hydrogens (primary N) is 1. The second kappa shape index (κ2) is 4.04. The third kappa shape index (κ3) is 2.49. The van der Waals surface area contributed by atoms with Crippen molar-refractivity contribution < 1.29 is 0 Å². The van der Waals surface area contributed by atoms with Crippen LogP contribution in [0.5, 0.6) is 0 Å². The number of hydrogen-bond acceptors (Lipinski definition) is 3. The average molecular weight is 165 g/mol. The van der Waals surface area contributed by atoms with E-state index in [2.05, 4.69) is 16.9 Å². The number of aryl methyl sites for hydroxylation is 2. The first-order chi connectivity index (χ1) is 5.72. The summed E-state index contributed by atoms with van der Waals surface area (Å²) in [6, 6.07) is 1.79. The first kappa shape index (κ1) is 8.97. The quantitative estimate of drug-likeness (QED) is 0.741. The Kier molecular flexibility index (Phi) is 3.02. The molecule has 0 fully saturated rings. The van der Waals surface area contributed by atoms with Gasteiger partial charge in [0.1, 0.15) is 11.6 Å². The van der Waals surface area contributed by atoms with Gasteiger partial charge in [-0.1, -0.05) is 13.3 Å². The van der Waals surface area contributed by atoms with E-state index in [4.69, 9.17) is 5.73 Å². The van der Waals surface area contributed by atoms with Crippen LogP contribution in [0, 0.1) is 6.92 Å². The topological polar surface area (TPSA) is 51.8 Å². The van der Waals surface area contributed by atoms with Crippen molar-refractivity contribution in [2.45, 2.75) is 33.1 Å². The standard InChI is InChI=1S/C9H15N3/c1-3-4-5-9-11-7(2)6-8(10)12-9/h6H,3-5H2,1-2H3,(H2,10,11,12). The van der Waals surface area contributed by atoms with Gasteiger partial charge in [0.25, 0.3) is 0 Å². The van der Waals surface area contributed by atoms with Crippen LogP contribution in [0.1, 0.15) is 31.3 Å². The van der Waals surface area contributed by atoms with Crippen LogP contribution in [0.15, 0.2) is 6.07 Å². The highest BCUT2D eigenvalue weighted by Crippen LogP contribution is 2.04. The summed E-state index contributed by atoms with van der Waals surface area (Å²) in [5.74, 6) is 1.45. The van der Waals surface area contributed by atoms with E-state index in [1.54, 1.807) is 6.07 Å². The van der Waals surface area contributed by atoms with Gasteiger partial charge in [-0.2, -0.15) is 0 Å². The molecule has 0 saturated carbocycles. The lowest BCUT2D eigenvalue weighted by atomic mass is 10.2. The Morgan fingerprint density at radius 1 is 1.42 bits per heavy atom. The Morgan fingerprint density at radius 3 is 2.75 bits per heavy atom. The Bertz CT molecular complexity index is 238. The largest absolute Gasteiger partial charge is 0.384 e. The molecule has 1 aromatic heterocycles. The van der Waals surface area contributed by atoms with Crippen molar-refractivity contribution in [2.75, 3.05) is 5.73 Å². The Labute approximate surface area is 73.0 Å². The van der Waals surface area contributed by atoms with Crippen LogP contribution in [0.2, 0.25) is 0 Å². The van der Waals surface area contributed by atoms with Crippen LogP contribution < -0.4 is 5.73 Å². The maximum absolute atomic E-state index is 5.58. The number of hydrogen-bond donors (Lipinski definition) is 1. The molecule has 0 bridgehead atoms. The molecule has 0 unspecified atom stereocenters. The molecule has 0 aliphatic rings.